The molecule has 92 valence electrons. The van der Waals surface area contributed by atoms with Gasteiger partial charge in [-0.25, -0.2) is 9.97 Å². The molecule has 0 spiro atoms. The lowest BCUT2D eigenvalue weighted by Gasteiger charge is -2.07. The highest BCUT2D eigenvalue weighted by Gasteiger charge is 2.29. The Morgan fingerprint density at radius 2 is 1.83 bits per heavy atom. The van der Waals surface area contributed by atoms with Crippen LogP contribution in [0.25, 0.3) is 11.4 Å². The van der Waals surface area contributed by atoms with E-state index in [4.69, 9.17) is 11.6 Å². The summed E-state index contributed by atoms with van der Waals surface area (Å²) in [4.78, 5) is 9.05. The second-order valence-electron chi connectivity index (χ2n) is 4.32. The fourth-order valence-corrected chi connectivity index (χ4v) is 2.91. The second kappa shape index (κ2) is 5.06. The number of hydrogen-bond donors (Lipinski definition) is 0. The molecule has 0 radical (unpaired) electrons. The standard InChI is InChI=1S/C13H9BrClIN2/c14-9-5-3-8(4-6-9)13-17-11(7-1-2-7)10(16)12(15)18-13/h3-7H,1-2H2. The van der Waals surface area contributed by atoms with Crippen molar-refractivity contribution in [2.24, 2.45) is 0 Å². The van der Waals surface area contributed by atoms with Crippen LogP contribution in [-0.2, 0) is 0 Å². The molecule has 0 atom stereocenters. The number of halogens is 3. The van der Waals surface area contributed by atoms with E-state index < -0.39 is 0 Å². The topological polar surface area (TPSA) is 25.8 Å². The largest absolute Gasteiger partial charge is 0.232 e. The molecule has 18 heavy (non-hydrogen) atoms. The molecule has 0 N–H and O–H groups in total. The van der Waals surface area contributed by atoms with Crippen molar-refractivity contribution in [3.8, 4) is 11.4 Å². The summed E-state index contributed by atoms with van der Waals surface area (Å²) in [6.45, 7) is 0. The fourth-order valence-electron chi connectivity index (χ4n) is 1.79. The van der Waals surface area contributed by atoms with Crippen molar-refractivity contribution in [3.05, 3.63) is 43.2 Å². The minimum Gasteiger partial charge on any atom is -0.232 e. The first-order valence-electron chi connectivity index (χ1n) is 5.64. The molecule has 0 unspecified atom stereocenters. The lowest BCUT2D eigenvalue weighted by Crippen LogP contribution is -1.99. The first-order valence-corrected chi connectivity index (χ1v) is 7.89. The average molecular weight is 435 g/mol. The predicted octanol–water partition coefficient (Wildman–Crippen LogP) is 5.04. The highest BCUT2D eigenvalue weighted by atomic mass is 127. The van der Waals surface area contributed by atoms with Gasteiger partial charge in [0.25, 0.3) is 0 Å². The minimum atomic E-state index is 0.561. The van der Waals surface area contributed by atoms with Gasteiger partial charge in [-0.15, -0.1) is 0 Å². The SMILES string of the molecule is Clc1nc(-c2ccc(Br)cc2)nc(C2CC2)c1I. The number of nitrogens with zero attached hydrogens (tertiary/aromatic N) is 2. The van der Waals surface area contributed by atoms with Crippen LogP contribution in [0.3, 0.4) is 0 Å². The summed E-state index contributed by atoms with van der Waals surface area (Å²) in [7, 11) is 0. The molecule has 0 saturated heterocycles. The number of benzene rings is 1. The van der Waals surface area contributed by atoms with Gasteiger partial charge in [0.15, 0.2) is 5.82 Å². The van der Waals surface area contributed by atoms with E-state index in [1.807, 2.05) is 24.3 Å². The molecule has 1 saturated carbocycles. The lowest BCUT2D eigenvalue weighted by atomic mass is 10.2. The molecule has 1 aromatic heterocycles. The molecule has 1 fully saturated rings. The number of rotatable bonds is 2. The highest BCUT2D eigenvalue weighted by Crippen LogP contribution is 2.42. The summed E-state index contributed by atoms with van der Waals surface area (Å²) >= 11 is 11.9. The monoisotopic (exact) mass is 434 g/mol. The molecule has 1 aliphatic carbocycles. The Hall–Kier alpha value is -0.200. The van der Waals surface area contributed by atoms with E-state index in [0.717, 1.165) is 25.1 Å². The summed E-state index contributed by atoms with van der Waals surface area (Å²) < 4.78 is 2.04. The van der Waals surface area contributed by atoms with Crippen molar-refractivity contribution in [1.82, 2.24) is 9.97 Å². The second-order valence-corrected chi connectivity index (χ2v) is 6.67. The maximum absolute atomic E-state index is 6.20. The van der Waals surface area contributed by atoms with E-state index in [9.17, 15) is 0 Å². The Morgan fingerprint density at radius 1 is 1.17 bits per heavy atom. The van der Waals surface area contributed by atoms with Crippen LogP contribution in [0, 0.1) is 3.57 Å². The Bertz CT molecular complexity index is 597. The van der Waals surface area contributed by atoms with Gasteiger partial charge < -0.3 is 0 Å². The zero-order valence-electron chi connectivity index (χ0n) is 9.33. The van der Waals surface area contributed by atoms with E-state index in [1.165, 1.54) is 12.8 Å². The summed E-state index contributed by atoms with van der Waals surface area (Å²) in [6.07, 6.45) is 2.42. The van der Waals surface area contributed by atoms with Crippen LogP contribution < -0.4 is 0 Å². The molecule has 1 aromatic carbocycles. The average Bonchev–Trinajstić information content (AvgIpc) is 3.18. The Kier molecular flexibility index (Phi) is 3.60. The summed E-state index contributed by atoms with van der Waals surface area (Å²) in [6, 6.07) is 7.97. The van der Waals surface area contributed by atoms with Crippen molar-refractivity contribution in [2.45, 2.75) is 18.8 Å². The lowest BCUT2D eigenvalue weighted by molar-refractivity contribution is 0.978. The first-order chi connectivity index (χ1) is 8.65. The number of hydrogen-bond acceptors (Lipinski definition) is 2. The first kappa shape index (κ1) is 12.8. The Labute approximate surface area is 132 Å². The van der Waals surface area contributed by atoms with Gasteiger partial charge in [-0.2, -0.15) is 0 Å². The van der Waals surface area contributed by atoms with Gasteiger partial charge in [0, 0.05) is 16.0 Å². The van der Waals surface area contributed by atoms with Gasteiger partial charge in [-0.3, -0.25) is 0 Å². The molecule has 3 rings (SSSR count). The van der Waals surface area contributed by atoms with Gasteiger partial charge in [-0.1, -0.05) is 39.7 Å². The fraction of sp³-hybridized carbons (Fsp3) is 0.231. The van der Waals surface area contributed by atoms with Crippen LogP contribution in [0.5, 0.6) is 0 Å². The molecule has 1 aliphatic rings. The normalized spacial score (nSPS) is 14.8. The van der Waals surface area contributed by atoms with E-state index in [2.05, 4.69) is 48.5 Å². The van der Waals surface area contributed by atoms with Crippen molar-refractivity contribution in [3.63, 3.8) is 0 Å². The number of aromatic nitrogens is 2. The van der Waals surface area contributed by atoms with Crippen LogP contribution in [0.1, 0.15) is 24.5 Å². The van der Waals surface area contributed by atoms with Gasteiger partial charge in [-0.05, 0) is 47.6 Å². The van der Waals surface area contributed by atoms with E-state index in [-0.39, 0.29) is 0 Å². The van der Waals surface area contributed by atoms with Gasteiger partial charge in [0.2, 0.25) is 0 Å². The summed E-state index contributed by atoms with van der Waals surface area (Å²) in [5.74, 6) is 1.29. The third-order valence-corrected chi connectivity index (χ3v) is 5.09. The highest BCUT2D eigenvalue weighted by molar-refractivity contribution is 14.1. The van der Waals surface area contributed by atoms with Crippen LogP contribution in [0.2, 0.25) is 5.15 Å². The van der Waals surface area contributed by atoms with E-state index >= 15 is 0 Å². The molecule has 2 aromatic rings. The van der Waals surface area contributed by atoms with Crippen LogP contribution in [0.15, 0.2) is 28.7 Å². The van der Waals surface area contributed by atoms with Crippen molar-refractivity contribution in [2.75, 3.05) is 0 Å². The maximum Gasteiger partial charge on any atom is 0.161 e. The van der Waals surface area contributed by atoms with Gasteiger partial charge in [0.1, 0.15) is 5.15 Å². The molecular formula is C13H9BrClIN2. The van der Waals surface area contributed by atoms with Crippen molar-refractivity contribution in [1.29, 1.82) is 0 Å². The molecule has 0 amide bonds. The Morgan fingerprint density at radius 3 is 2.44 bits per heavy atom. The maximum atomic E-state index is 6.20. The van der Waals surface area contributed by atoms with Crippen molar-refractivity contribution < 1.29 is 0 Å². The van der Waals surface area contributed by atoms with E-state index in [1.54, 1.807) is 0 Å². The predicted molar refractivity (Wildman–Crippen MR) is 84.9 cm³/mol. The minimum absolute atomic E-state index is 0.561. The third-order valence-electron chi connectivity index (χ3n) is 2.90. The summed E-state index contributed by atoms with van der Waals surface area (Å²) in [5, 5.41) is 0.561. The Balaban J connectivity index is 2.09. The summed E-state index contributed by atoms with van der Waals surface area (Å²) in [5.41, 5.74) is 2.10. The molecule has 5 heteroatoms. The molecule has 2 nitrogen and oxygen atoms in total. The smallest absolute Gasteiger partial charge is 0.161 e. The van der Waals surface area contributed by atoms with Gasteiger partial charge in [0.05, 0.1) is 9.26 Å². The zero-order chi connectivity index (χ0) is 12.7. The quantitative estimate of drug-likeness (QED) is 0.488. The van der Waals surface area contributed by atoms with Crippen LogP contribution >= 0.6 is 50.1 Å². The van der Waals surface area contributed by atoms with Crippen LogP contribution in [0.4, 0.5) is 0 Å². The zero-order valence-corrected chi connectivity index (χ0v) is 13.8. The third kappa shape index (κ3) is 2.56. The van der Waals surface area contributed by atoms with E-state index in [0.29, 0.717) is 11.1 Å². The van der Waals surface area contributed by atoms with Crippen LogP contribution in [-0.4, -0.2) is 9.97 Å². The molecule has 1 heterocycles. The molecular weight excluding hydrogens is 426 g/mol. The van der Waals surface area contributed by atoms with Gasteiger partial charge >= 0.3 is 0 Å². The molecule has 0 bridgehead atoms. The van der Waals surface area contributed by atoms with Crippen molar-refractivity contribution >= 4 is 50.1 Å². The molecule has 0 aliphatic heterocycles.